The fourth-order valence-electron chi connectivity index (χ4n) is 6.16. The van der Waals surface area contributed by atoms with Crippen LogP contribution in [0.15, 0.2) is 42.5 Å². The van der Waals surface area contributed by atoms with Gasteiger partial charge in [0.25, 0.3) is 6.43 Å². The normalized spacial score (nSPS) is 23.1. The van der Waals surface area contributed by atoms with E-state index in [1.165, 1.54) is 0 Å². The van der Waals surface area contributed by atoms with Crippen molar-refractivity contribution in [3.8, 4) is 0 Å². The van der Waals surface area contributed by atoms with Gasteiger partial charge in [-0.3, -0.25) is 0 Å². The van der Waals surface area contributed by atoms with Crippen molar-refractivity contribution in [3.63, 3.8) is 0 Å². The molecule has 1 aliphatic heterocycles. The van der Waals surface area contributed by atoms with E-state index in [1.54, 1.807) is 12.1 Å². The van der Waals surface area contributed by atoms with E-state index in [0.29, 0.717) is 23.2 Å². The Labute approximate surface area is 249 Å². The lowest BCUT2D eigenvalue weighted by molar-refractivity contribution is -0.231. The third-order valence-electron chi connectivity index (χ3n) is 8.65. The van der Waals surface area contributed by atoms with Crippen LogP contribution in [0.2, 0.25) is 0 Å². The lowest BCUT2D eigenvalue weighted by atomic mass is 9.86. The Bertz CT molecular complexity index is 1480. The van der Waals surface area contributed by atoms with Crippen LogP contribution >= 0.6 is 0 Å². The SMILES string of the molecule is O=C(N[C@H](c1nc2nc([C@@H]3C[C@@](OC(=O)C(F)(F)F)(C(F)F)CCN3)ccc2[nH]1)C(C1CC1)C1CC1)OCc1ccccc1. The van der Waals surface area contributed by atoms with Gasteiger partial charge in [-0.15, -0.1) is 0 Å². The number of aromatic nitrogens is 3. The molecule has 1 aromatic carbocycles. The molecule has 0 radical (unpaired) electrons. The number of ether oxygens (including phenoxy) is 2. The number of nitrogens with zero attached hydrogens (tertiary/aromatic N) is 2. The molecule has 1 amide bonds. The fourth-order valence-corrected chi connectivity index (χ4v) is 6.16. The van der Waals surface area contributed by atoms with Crippen LogP contribution in [-0.2, 0) is 20.9 Å². The number of alkyl halides is 5. The highest BCUT2D eigenvalue weighted by molar-refractivity contribution is 5.76. The molecule has 3 aromatic rings. The number of aromatic amines is 1. The van der Waals surface area contributed by atoms with E-state index in [2.05, 4.69) is 30.3 Å². The molecule has 3 aliphatic rings. The molecule has 14 heteroatoms. The summed E-state index contributed by atoms with van der Waals surface area (Å²) in [5, 5.41) is 6.01. The predicted octanol–water partition coefficient (Wildman–Crippen LogP) is 5.90. The van der Waals surface area contributed by atoms with E-state index in [4.69, 9.17) is 4.74 Å². The quantitative estimate of drug-likeness (QED) is 0.191. The third kappa shape index (κ3) is 6.64. The number of benzene rings is 1. The van der Waals surface area contributed by atoms with Crippen molar-refractivity contribution >= 4 is 23.2 Å². The van der Waals surface area contributed by atoms with Gasteiger partial charge in [-0.25, -0.2) is 28.3 Å². The fraction of sp³-hybridized carbons (Fsp3) is 0.533. The molecule has 0 spiro atoms. The molecule has 3 fully saturated rings. The molecule has 1 saturated heterocycles. The number of carbonyl (C=O) groups is 2. The number of halogens is 5. The molecule has 0 unspecified atom stereocenters. The summed E-state index contributed by atoms with van der Waals surface area (Å²) in [7, 11) is 0. The monoisotopic (exact) mass is 621 g/mol. The number of fused-ring (bicyclic) bond motifs is 1. The summed E-state index contributed by atoms with van der Waals surface area (Å²) in [6.07, 6.45) is -6.20. The van der Waals surface area contributed by atoms with Gasteiger partial charge in [0.1, 0.15) is 12.4 Å². The number of amides is 1. The molecule has 44 heavy (non-hydrogen) atoms. The maximum Gasteiger partial charge on any atom is 0.490 e. The van der Waals surface area contributed by atoms with E-state index in [0.717, 1.165) is 31.2 Å². The van der Waals surface area contributed by atoms with Gasteiger partial charge in [0.05, 0.1) is 23.3 Å². The number of esters is 1. The highest BCUT2D eigenvalue weighted by Crippen LogP contribution is 2.54. The molecule has 3 N–H and O–H groups in total. The lowest BCUT2D eigenvalue weighted by Gasteiger charge is -2.40. The number of nitrogens with one attached hydrogen (secondary N) is 3. The van der Waals surface area contributed by atoms with Gasteiger partial charge in [-0.2, -0.15) is 13.2 Å². The summed E-state index contributed by atoms with van der Waals surface area (Å²) in [5.74, 6) is -1.14. The van der Waals surface area contributed by atoms with Gasteiger partial charge in [0.2, 0.25) is 0 Å². The highest BCUT2D eigenvalue weighted by Gasteiger charge is 2.53. The van der Waals surface area contributed by atoms with E-state index in [9.17, 15) is 31.5 Å². The third-order valence-corrected chi connectivity index (χ3v) is 8.65. The topological polar surface area (TPSA) is 118 Å². The Kier molecular flexibility index (Phi) is 8.20. The second-order valence-corrected chi connectivity index (χ2v) is 11.9. The highest BCUT2D eigenvalue weighted by atomic mass is 19.4. The maximum atomic E-state index is 14.1. The molecule has 0 bridgehead atoms. The first-order valence-electron chi connectivity index (χ1n) is 14.7. The lowest BCUT2D eigenvalue weighted by Crippen LogP contribution is -2.53. The number of piperidine rings is 1. The van der Waals surface area contributed by atoms with Gasteiger partial charge >= 0.3 is 18.2 Å². The second-order valence-electron chi connectivity index (χ2n) is 11.9. The first-order valence-corrected chi connectivity index (χ1v) is 14.7. The van der Waals surface area contributed by atoms with Gasteiger partial charge in [-0.1, -0.05) is 30.3 Å². The van der Waals surface area contributed by atoms with Crippen LogP contribution in [0.1, 0.15) is 67.7 Å². The van der Waals surface area contributed by atoms with Gasteiger partial charge in [0, 0.05) is 12.8 Å². The minimum Gasteiger partial charge on any atom is -0.446 e. The van der Waals surface area contributed by atoms with Gasteiger partial charge in [0.15, 0.2) is 11.2 Å². The molecule has 3 heterocycles. The van der Waals surface area contributed by atoms with Crippen LogP contribution in [0.3, 0.4) is 0 Å². The molecule has 2 aromatic heterocycles. The number of carbonyl (C=O) groups excluding carboxylic acids is 2. The number of pyridine rings is 1. The first kappa shape index (κ1) is 30.2. The molecule has 2 aliphatic carbocycles. The molecule has 2 saturated carbocycles. The molecular weight excluding hydrogens is 589 g/mol. The van der Waals surface area contributed by atoms with Gasteiger partial charge in [-0.05, 0) is 67.7 Å². The number of hydrogen-bond donors (Lipinski definition) is 3. The molecule has 9 nitrogen and oxygen atoms in total. The number of alkyl carbamates (subject to hydrolysis) is 1. The Morgan fingerprint density at radius 2 is 1.73 bits per heavy atom. The van der Waals surface area contributed by atoms with Crippen molar-refractivity contribution in [2.45, 2.75) is 75.4 Å². The number of hydrogen-bond acceptors (Lipinski definition) is 7. The second kappa shape index (κ2) is 11.9. The van der Waals surface area contributed by atoms with Crippen LogP contribution in [0.4, 0.5) is 26.7 Å². The van der Waals surface area contributed by atoms with Crippen LogP contribution in [0.25, 0.3) is 11.2 Å². The minimum absolute atomic E-state index is 0.106. The summed E-state index contributed by atoms with van der Waals surface area (Å²) in [6, 6.07) is 11.1. The Morgan fingerprint density at radius 1 is 1.02 bits per heavy atom. The van der Waals surface area contributed by atoms with Crippen molar-refractivity contribution in [2.75, 3.05) is 6.54 Å². The Morgan fingerprint density at radius 3 is 2.36 bits per heavy atom. The minimum atomic E-state index is -5.40. The van der Waals surface area contributed by atoms with Crippen LogP contribution in [-0.4, -0.2) is 51.8 Å². The van der Waals surface area contributed by atoms with Gasteiger partial charge < -0.3 is 25.1 Å². The maximum absolute atomic E-state index is 14.1. The summed E-state index contributed by atoms with van der Waals surface area (Å²) < 4.78 is 76.7. The zero-order valence-corrected chi connectivity index (χ0v) is 23.6. The Balaban J connectivity index is 1.23. The van der Waals surface area contributed by atoms with Crippen molar-refractivity contribution < 1.29 is 41.0 Å². The number of rotatable bonds is 10. The van der Waals surface area contributed by atoms with Crippen molar-refractivity contribution in [1.29, 1.82) is 0 Å². The largest absolute Gasteiger partial charge is 0.490 e. The smallest absolute Gasteiger partial charge is 0.446 e. The van der Waals surface area contributed by atoms with E-state index < -0.39 is 55.2 Å². The zero-order chi connectivity index (χ0) is 31.1. The van der Waals surface area contributed by atoms with Crippen LogP contribution in [0, 0.1) is 17.8 Å². The summed E-state index contributed by atoms with van der Waals surface area (Å²) in [6.45, 7) is -0.0119. The van der Waals surface area contributed by atoms with Crippen LogP contribution < -0.4 is 10.6 Å². The van der Waals surface area contributed by atoms with Crippen molar-refractivity contribution in [2.24, 2.45) is 17.8 Å². The summed E-state index contributed by atoms with van der Waals surface area (Å²) in [4.78, 5) is 36.9. The zero-order valence-electron chi connectivity index (χ0n) is 23.6. The Hall–Kier alpha value is -3.81. The average molecular weight is 622 g/mol. The molecule has 6 rings (SSSR count). The van der Waals surface area contributed by atoms with Crippen molar-refractivity contribution in [3.05, 3.63) is 59.5 Å². The predicted molar refractivity (Wildman–Crippen MR) is 146 cm³/mol. The number of imidazole rings is 1. The van der Waals surface area contributed by atoms with E-state index >= 15 is 0 Å². The number of H-pyrrole nitrogens is 1. The summed E-state index contributed by atoms with van der Waals surface area (Å²) >= 11 is 0. The van der Waals surface area contributed by atoms with Crippen LogP contribution in [0.5, 0.6) is 0 Å². The van der Waals surface area contributed by atoms with Crippen molar-refractivity contribution in [1.82, 2.24) is 25.6 Å². The standard InChI is InChI=1S/C30H32F5N5O4/c31-26(32)29(44-27(41)30(33,34)35)12-13-36-21(14-29)19-10-11-20-24(37-19)40-25(38-20)23(22(17-6-7-17)18-8-9-18)39-28(42)43-15-16-4-2-1-3-5-16/h1-5,10-11,17-18,21-23,26,36H,6-9,12-15H2,(H,39,42)(H,37,38,40)/t21-,23-,29+/m0/s1. The van der Waals surface area contributed by atoms with E-state index in [1.807, 2.05) is 30.3 Å². The summed E-state index contributed by atoms with van der Waals surface area (Å²) in [5.41, 5.74) is -0.711. The molecule has 3 atom stereocenters. The molecule has 236 valence electrons. The van der Waals surface area contributed by atoms with E-state index in [-0.39, 0.29) is 30.4 Å². The average Bonchev–Trinajstić information content (AvgIpc) is 3.94. The first-order chi connectivity index (χ1) is 21.0. The molecular formula is C30H32F5N5O4.